The van der Waals surface area contributed by atoms with E-state index < -0.39 is 0 Å². The van der Waals surface area contributed by atoms with Crippen LogP contribution < -0.4 is 10.2 Å². The first kappa shape index (κ1) is 15.5. The zero-order chi connectivity index (χ0) is 16.5. The molecular formula is C17H17Cl2N5. The standard InChI is InChI=1S/C17H17Cl2N5/c18-13-4-3-12(14(19)9-13)11-20-16-10-17(23-7-1-2-8-23)22-15-5-6-21-24(15)16/h3-6,9-10,20H,1-2,7-8,11H2. The summed E-state index contributed by atoms with van der Waals surface area (Å²) in [5.41, 5.74) is 1.82. The van der Waals surface area contributed by atoms with Crippen molar-refractivity contribution in [1.29, 1.82) is 0 Å². The summed E-state index contributed by atoms with van der Waals surface area (Å²) in [6, 6.07) is 9.50. The first-order valence-electron chi connectivity index (χ1n) is 7.98. The molecule has 1 aliphatic heterocycles. The number of anilines is 2. The van der Waals surface area contributed by atoms with Gasteiger partial charge in [-0.15, -0.1) is 0 Å². The number of nitrogens with zero attached hydrogens (tertiary/aromatic N) is 4. The number of benzene rings is 1. The predicted octanol–water partition coefficient (Wildman–Crippen LogP) is 4.25. The largest absolute Gasteiger partial charge is 0.366 e. The van der Waals surface area contributed by atoms with Gasteiger partial charge in [-0.3, -0.25) is 0 Å². The molecule has 0 saturated carbocycles. The van der Waals surface area contributed by atoms with E-state index in [-0.39, 0.29) is 0 Å². The molecule has 4 rings (SSSR count). The minimum Gasteiger partial charge on any atom is -0.366 e. The molecular weight excluding hydrogens is 345 g/mol. The normalized spacial score (nSPS) is 14.5. The lowest BCUT2D eigenvalue weighted by atomic mass is 10.2. The Morgan fingerprint density at radius 1 is 1.08 bits per heavy atom. The summed E-state index contributed by atoms with van der Waals surface area (Å²) in [4.78, 5) is 7.02. The highest BCUT2D eigenvalue weighted by Gasteiger charge is 2.16. The second-order valence-electron chi connectivity index (χ2n) is 5.88. The fourth-order valence-electron chi connectivity index (χ4n) is 2.98. The Hall–Kier alpha value is -1.98. The molecule has 0 radical (unpaired) electrons. The number of hydrogen-bond acceptors (Lipinski definition) is 4. The van der Waals surface area contributed by atoms with Crippen LogP contribution in [0.2, 0.25) is 10.0 Å². The fraction of sp³-hybridized carbons (Fsp3) is 0.294. The molecule has 2 aromatic heterocycles. The number of nitrogens with one attached hydrogen (secondary N) is 1. The zero-order valence-electron chi connectivity index (χ0n) is 13.0. The van der Waals surface area contributed by atoms with Crippen LogP contribution in [0.1, 0.15) is 18.4 Å². The highest BCUT2D eigenvalue weighted by molar-refractivity contribution is 6.35. The van der Waals surface area contributed by atoms with Crippen molar-refractivity contribution in [3.63, 3.8) is 0 Å². The third-order valence-corrected chi connectivity index (χ3v) is 4.84. The van der Waals surface area contributed by atoms with Gasteiger partial charge in [0.1, 0.15) is 11.6 Å². The van der Waals surface area contributed by atoms with E-state index in [4.69, 9.17) is 28.2 Å². The third-order valence-electron chi connectivity index (χ3n) is 4.25. The molecule has 1 N–H and O–H groups in total. The fourth-order valence-corrected chi connectivity index (χ4v) is 3.46. The minimum atomic E-state index is 0.592. The first-order valence-corrected chi connectivity index (χ1v) is 8.74. The molecule has 0 unspecified atom stereocenters. The first-order chi connectivity index (χ1) is 11.7. The molecule has 3 heterocycles. The highest BCUT2D eigenvalue weighted by atomic mass is 35.5. The van der Waals surface area contributed by atoms with Crippen molar-refractivity contribution in [2.24, 2.45) is 0 Å². The lowest BCUT2D eigenvalue weighted by Crippen LogP contribution is -2.20. The van der Waals surface area contributed by atoms with E-state index in [2.05, 4.69) is 21.4 Å². The van der Waals surface area contributed by atoms with Gasteiger partial charge in [-0.1, -0.05) is 29.3 Å². The van der Waals surface area contributed by atoms with Crippen LogP contribution in [0.3, 0.4) is 0 Å². The summed E-state index contributed by atoms with van der Waals surface area (Å²) in [6.07, 6.45) is 4.20. The van der Waals surface area contributed by atoms with Gasteiger partial charge in [-0.2, -0.15) is 9.61 Å². The minimum absolute atomic E-state index is 0.592. The average molecular weight is 362 g/mol. The lowest BCUT2D eigenvalue weighted by molar-refractivity contribution is 0.893. The number of fused-ring (bicyclic) bond motifs is 1. The molecule has 0 amide bonds. The van der Waals surface area contributed by atoms with E-state index >= 15 is 0 Å². The summed E-state index contributed by atoms with van der Waals surface area (Å²) in [7, 11) is 0. The maximum atomic E-state index is 6.26. The Morgan fingerprint density at radius 2 is 1.92 bits per heavy atom. The molecule has 24 heavy (non-hydrogen) atoms. The highest BCUT2D eigenvalue weighted by Crippen LogP contribution is 2.25. The maximum Gasteiger partial charge on any atom is 0.159 e. The summed E-state index contributed by atoms with van der Waals surface area (Å²) in [6.45, 7) is 2.70. The molecule has 5 nitrogen and oxygen atoms in total. The van der Waals surface area contributed by atoms with Crippen LogP contribution in [-0.2, 0) is 6.54 Å². The predicted molar refractivity (Wildman–Crippen MR) is 98.2 cm³/mol. The van der Waals surface area contributed by atoms with Crippen molar-refractivity contribution in [2.45, 2.75) is 19.4 Å². The molecule has 0 aliphatic carbocycles. The van der Waals surface area contributed by atoms with Crippen LogP contribution in [0, 0.1) is 0 Å². The maximum absolute atomic E-state index is 6.26. The molecule has 0 spiro atoms. The second-order valence-corrected chi connectivity index (χ2v) is 6.73. The molecule has 7 heteroatoms. The number of aromatic nitrogens is 3. The molecule has 1 fully saturated rings. The van der Waals surface area contributed by atoms with Crippen LogP contribution in [0.5, 0.6) is 0 Å². The van der Waals surface area contributed by atoms with Crippen molar-refractivity contribution in [2.75, 3.05) is 23.3 Å². The Labute approximate surface area is 150 Å². The van der Waals surface area contributed by atoms with E-state index in [9.17, 15) is 0 Å². The topological polar surface area (TPSA) is 45.5 Å². The summed E-state index contributed by atoms with van der Waals surface area (Å²) < 4.78 is 1.81. The van der Waals surface area contributed by atoms with Crippen LogP contribution in [0.15, 0.2) is 36.5 Å². The van der Waals surface area contributed by atoms with Crippen molar-refractivity contribution < 1.29 is 0 Å². The van der Waals surface area contributed by atoms with Gasteiger partial charge in [0.2, 0.25) is 0 Å². The van der Waals surface area contributed by atoms with Gasteiger partial charge in [0.25, 0.3) is 0 Å². The van der Waals surface area contributed by atoms with Crippen LogP contribution in [0.25, 0.3) is 5.65 Å². The van der Waals surface area contributed by atoms with Gasteiger partial charge >= 0.3 is 0 Å². The van der Waals surface area contributed by atoms with Gasteiger partial charge in [0, 0.05) is 41.8 Å². The third kappa shape index (κ3) is 3.01. The van der Waals surface area contributed by atoms with Crippen LogP contribution >= 0.6 is 23.2 Å². The van der Waals surface area contributed by atoms with E-state index in [0.29, 0.717) is 16.6 Å². The molecule has 1 aliphatic rings. The van der Waals surface area contributed by atoms with E-state index in [1.165, 1.54) is 12.8 Å². The van der Waals surface area contributed by atoms with Crippen LogP contribution in [0.4, 0.5) is 11.6 Å². The second kappa shape index (κ2) is 6.49. The van der Waals surface area contributed by atoms with Gasteiger partial charge in [0.15, 0.2) is 5.65 Å². The molecule has 3 aromatic rings. The molecule has 1 saturated heterocycles. The monoisotopic (exact) mass is 361 g/mol. The molecule has 0 atom stereocenters. The Balaban J connectivity index is 1.63. The smallest absolute Gasteiger partial charge is 0.159 e. The zero-order valence-corrected chi connectivity index (χ0v) is 14.6. The summed E-state index contributed by atoms with van der Waals surface area (Å²) >= 11 is 12.2. The van der Waals surface area contributed by atoms with Crippen LogP contribution in [-0.4, -0.2) is 27.7 Å². The van der Waals surface area contributed by atoms with E-state index in [1.54, 1.807) is 12.3 Å². The molecule has 1 aromatic carbocycles. The average Bonchev–Trinajstić information content (AvgIpc) is 3.25. The van der Waals surface area contributed by atoms with E-state index in [0.717, 1.165) is 35.9 Å². The molecule has 124 valence electrons. The van der Waals surface area contributed by atoms with Crippen molar-refractivity contribution in [1.82, 2.24) is 14.6 Å². The van der Waals surface area contributed by atoms with Gasteiger partial charge in [-0.05, 0) is 30.5 Å². The van der Waals surface area contributed by atoms with Crippen molar-refractivity contribution >= 4 is 40.5 Å². The van der Waals surface area contributed by atoms with Crippen molar-refractivity contribution in [3.05, 3.63) is 52.1 Å². The Bertz CT molecular complexity index is 871. The summed E-state index contributed by atoms with van der Waals surface area (Å²) in [5, 5.41) is 9.07. The van der Waals surface area contributed by atoms with Gasteiger partial charge in [0.05, 0.1) is 6.20 Å². The number of halogens is 2. The van der Waals surface area contributed by atoms with Gasteiger partial charge < -0.3 is 10.2 Å². The quantitative estimate of drug-likeness (QED) is 0.754. The summed E-state index contributed by atoms with van der Waals surface area (Å²) in [5.74, 6) is 1.89. The van der Waals surface area contributed by atoms with Crippen molar-refractivity contribution in [3.8, 4) is 0 Å². The Morgan fingerprint density at radius 3 is 2.71 bits per heavy atom. The van der Waals surface area contributed by atoms with E-state index in [1.807, 2.05) is 22.7 Å². The van der Waals surface area contributed by atoms with Gasteiger partial charge in [-0.25, -0.2) is 4.98 Å². The lowest BCUT2D eigenvalue weighted by Gasteiger charge is -2.18. The molecule has 0 bridgehead atoms. The number of hydrogen-bond donors (Lipinski definition) is 1. The SMILES string of the molecule is Clc1ccc(CNc2cc(N3CCCC3)nc3ccnn23)c(Cl)c1. The number of rotatable bonds is 4. The Kier molecular flexibility index (Phi) is 4.21.